The molecule has 4 rings (SSSR count). The van der Waals surface area contributed by atoms with Gasteiger partial charge in [-0.1, -0.05) is 0 Å². The van der Waals surface area contributed by atoms with Crippen LogP contribution in [0.25, 0.3) is 11.5 Å². The summed E-state index contributed by atoms with van der Waals surface area (Å²) in [5.41, 5.74) is 1.03. The summed E-state index contributed by atoms with van der Waals surface area (Å²) in [6, 6.07) is 6.53. The molecule has 0 spiro atoms. The Hall–Kier alpha value is -3.82. The highest BCUT2D eigenvalue weighted by Gasteiger charge is 2.18. The van der Waals surface area contributed by atoms with Gasteiger partial charge in [0.2, 0.25) is 6.79 Å². The molecule has 2 aromatic heterocycles. The van der Waals surface area contributed by atoms with E-state index in [1.807, 2.05) is 6.92 Å². The van der Waals surface area contributed by atoms with Crippen molar-refractivity contribution in [1.82, 2.24) is 15.5 Å². The van der Waals surface area contributed by atoms with Crippen molar-refractivity contribution in [2.45, 2.75) is 20.5 Å². The number of carbonyl (C=O) groups excluding carboxylic acids is 2. The number of hydrogen-bond acceptors (Lipinski definition) is 9. The van der Waals surface area contributed by atoms with Crippen LogP contribution in [0, 0.1) is 13.8 Å². The number of aromatic nitrogens is 2. The van der Waals surface area contributed by atoms with Crippen LogP contribution in [0.4, 0.5) is 0 Å². The largest absolute Gasteiger partial charge is 0.466 e. The Morgan fingerprint density at radius 3 is 2.72 bits per heavy atom. The predicted octanol–water partition coefficient (Wildman–Crippen LogP) is 2.15. The van der Waals surface area contributed by atoms with Gasteiger partial charge in [0.1, 0.15) is 18.1 Å². The highest BCUT2D eigenvalue weighted by Crippen LogP contribution is 2.32. The normalized spacial score (nSPS) is 12.1. The monoisotopic (exact) mass is 399 g/mol. The van der Waals surface area contributed by atoms with Crippen molar-refractivity contribution in [2.24, 2.45) is 0 Å². The minimum atomic E-state index is -0.644. The van der Waals surface area contributed by atoms with E-state index < -0.39 is 11.9 Å². The van der Waals surface area contributed by atoms with Crippen LogP contribution < -0.4 is 14.8 Å². The molecule has 1 aliphatic rings. The summed E-state index contributed by atoms with van der Waals surface area (Å²) in [4.78, 5) is 24.0. The molecule has 0 atom stereocenters. The van der Waals surface area contributed by atoms with Gasteiger partial charge >= 0.3 is 5.97 Å². The summed E-state index contributed by atoms with van der Waals surface area (Å²) in [6.07, 6.45) is 0. The van der Waals surface area contributed by atoms with Crippen LogP contribution >= 0.6 is 0 Å². The number of esters is 1. The first kappa shape index (κ1) is 18.5. The van der Waals surface area contributed by atoms with Crippen LogP contribution in [-0.4, -0.2) is 35.4 Å². The Bertz CT molecular complexity index is 1070. The number of fused-ring (bicyclic) bond motifs is 1. The molecule has 29 heavy (non-hydrogen) atoms. The molecule has 150 valence electrons. The van der Waals surface area contributed by atoms with Crippen LogP contribution in [0.3, 0.4) is 0 Å². The molecule has 1 amide bonds. The lowest BCUT2D eigenvalue weighted by atomic mass is 10.2. The van der Waals surface area contributed by atoms with E-state index in [1.165, 1.54) is 0 Å². The maximum absolute atomic E-state index is 12.2. The molecule has 1 aliphatic heterocycles. The first-order valence-corrected chi connectivity index (χ1v) is 8.73. The Balaban J connectivity index is 1.27. The van der Waals surface area contributed by atoms with Crippen molar-refractivity contribution in [1.29, 1.82) is 0 Å². The van der Waals surface area contributed by atoms with Gasteiger partial charge in [-0.2, -0.15) is 0 Å². The van der Waals surface area contributed by atoms with Crippen LogP contribution in [0.15, 0.2) is 33.1 Å². The maximum atomic E-state index is 12.2. The molecule has 0 bridgehead atoms. The first-order chi connectivity index (χ1) is 14.0. The zero-order valence-electron chi connectivity index (χ0n) is 15.7. The molecule has 0 saturated heterocycles. The van der Waals surface area contributed by atoms with Crippen molar-refractivity contribution in [3.63, 3.8) is 0 Å². The quantitative estimate of drug-likeness (QED) is 0.620. The third kappa shape index (κ3) is 4.05. The van der Waals surface area contributed by atoms with Crippen LogP contribution in [-0.2, 0) is 16.1 Å². The number of furan rings is 1. The van der Waals surface area contributed by atoms with Gasteiger partial charge in [0, 0.05) is 5.56 Å². The van der Waals surface area contributed by atoms with Crippen molar-refractivity contribution in [3.8, 4) is 23.0 Å². The molecule has 10 heteroatoms. The highest BCUT2D eigenvalue weighted by molar-refractivity contribution is 5.96. The zero-order valence-corrected chi connectivity index (χ0v) is 15.7. The minimum absolute atomic E-state index is 0.115. The Morgan fingerprint density at radius 1 is 1.10 bits per heavy atom. The minimum Gasteiger partial charge on any atom is -0.466 e. The summed E-state index contributed by atoms with van der Waals surface area (Å²) >= 11 is 0. The zero-order chi connectivity index (χ0) is 20.4. The molecule has 1 aromatic carbocycles. The highest BCUT2D eigenvalue weighted by atomic mass is 16.7. The van der Waals surface area contributed by atoms with E-state index in [4.69, 9.17) is 23.0 Å². The molecule has 3 aromatic rings. The second-order valence-electron chi connectivity index (χ2n) is 6.24. The standard InChI is InChI=1S/C19H17N3O7/c1-10-5-13(11(2)28-10)19-22-21-16(29-19)8-25-17(23)7-20-18(24)12-3-4-14-15(6-12)27-9-26-14/h3-6H,7-9H2,1-2H3,(H,20,24). The molecule has 0 fully saturated rings. The van der Waals surface area contributed by atoms with Gasteiger partial charge in [0.05, 0.1) is 5.56 Å². The lowest BCUT2D eigenvalue weighted by Gasteiger charge is -2.06. The lowest BCUT2D eigenvalue weighted by molar-refractivity contribution is -0.144. The molecule has 3 heterocycles. The Morgan fingerprint density at radius 2 is 1.93 bits per heavy atom. The molecular formula is C19H17N3O7. The van der Waals surface area contributed by atoms with Gasteiger partial charge in [-0.3, -0.25) is 9.59 Å². The Labute approximate surface area is 164 Å². The second-order valence-corrected chi connectivity index (χ2v) is 6.24. The van der Waals surface area contributed by atoms with Gasteiger partial charge in [-0.25, -0.2) is 0 Å². The number of amides is 1. The number of rotatable bonds is 6. The van der Waals surface area contributed by atoms with Crippen LogP contribution in [0.5, 0.6) is 11.5 Å². The average Bonchev–Trinajstić information content (AvgIpc) is 3.43. The van der Waals surface area contributed by atoms with E-state index in [-0.39, 0.29) is 31.7 Å². The third-order valence-corrected chi connectivity index (χ3v) is 4.12. The third-order valence-electron chi connectivity index (χ3n) is 4.12. The number of nitrogens with one attached hydrogen (secondary N) is 1. The summed E-state index contributed by atoms with van der Waals surface area (Å²) < 4.78 is 26.4. The topological polar surface area (TPSA) is 126 Å². The fourth-order valence-corrected chi connectivity index (χ4v) is 2.75. The van der Waals surface area contributed by atoms with Crippen LogP contribution in [0.2, 0.25) is 0 Å². The maximum Gasteiger partial charge on any atom is 0.325 e. The predicted molar refractivity (Wildman–Crippen MR) is 96.2 cm³/mol. The fourth-order valence-electron chi connectivity index (χ4n) is 2.75. The van der Waals surface area contributed by atoms with Gasteiger partial charge in [-0.15, -0.1) is 10.2 Å². The SMILES string of the molecule is Cc1cc(-c2nnc(COC(=O)CNC(=O)c3ccc4c(c3)OCO4)o2)c(C)o1. The smallest absolute Gasteiger partial charge is 0.325 e. The molecule has 1 N–H and O–H groups in total. The molecule has 0 radical (unpaired) electrons. The van der Waals surface area contributed by atoms with Crippen molar-refractivity contribution in [2.75, 3.05) is 13.3 Å². The van der Waals surface area contributed by atoms with Crippen molar-refractivity contribution < 1.29 is 32.6 Å². The average molecular weight is 399 g/mol. The number of benzene rings is 1. The summed E-state index contributed by atoms with van der Waals surface area (Å²) in [5.74, 6) is 1.76. The second kappa shape index (κ2) is 7.66. The van der Waals surface area contributed by atoms with Gasteiger partial charge in [-0.05, 0) is 38.1 Å². The summed E-state index contributed by atoms with van der Waals surface area (Å²) in [6.45, 7) is 3.20. The van der Waals surface area contributed by atoms with Gasteiger partial charge in [0.15, 0.2) is 18.1 Å². The number of ether oxygens (including phenoxy) is 3. The van der Waals surface area contributed by atoms with E-state index in [0.717, 1.165) is 5.76 Å². The number of aryl methyl sites for hydroxylation is 2. The lowest BCUT2D eigenvalue weighted by Crippen LogP contribution is -2.30. The number of nitrogens with zero attached hydrogens (tertiary/aromatic N) is 2. The van der Waals surface area contributed by atoms with E-state index >= 15 is 0 Å². The molecule has 10 nitrogen and oxygen atoms in total. The molecule has 0 saturated carbocycles. The van der Waals surface area contributed by atoms with Gasteiger partial charge in [0.25, 0.3) is 17.7 Å². The summed E-state index contributed by atoms with van der Waals surface area (Å²) in [7, 11) is 0. The van der Waals surface area contributed by atoms with Crippen molar-refractivity contribution in [3.05, 3.63) is 47.2 Å². The summed E-state index contributed by atoms with van der Waals surface area (Å²) in [5, 5.41) is 10.2. The van der Waals surface area contributed by atoms with Gasteiger partial charge < -0.3 is 28.4 Å². The fraction of sp³-hybridized carbons (Fsp3) is 0.263. The van der Waals surface area contributed by atoms with E-state index in [1.54, 1.807) is 31.2 Å². The molecule has 0 aliphatic carbocycles. The van der Waals surface area contributed by atoms with Crippen LogP contribution in [0.1, 0.15) is 27.8 Å². The first-order valence-electron chi connectivity index (χ1n) is 8.73. The van der Waals surface area contributed by atoms with Crippen molar-refractivity contribution >= 4 is 11.9 Å². The molecule has 0 unspecified atom stereocenters. The number of carbonyl (C=O) groups is 2. The van der Waals surface area contributed by atoms with E-state index in [0.29, 0.717) is 28.4 Å². The number of hydrogen-bond donors (Lipinski definition) is 1. The van der Waals surface area contributed by atoms with E-state index in [9.17, 15) is 9.59 Å². The molecular weight excluding hydrogens is 382 g/mol. The van der Waals surface area contributed by atoms with E-state index in [2.05, 4.69) is 15.5 Å². The Kier molecular flexibility index (Phi) is 4.90.